The van der Waals surface area contributed by atoms with Crippen LogP contribution in [0.5, 0.6) is 17.2 Å². The number of nitrogens with zero attached hydrogens (tertiary/aromatic N) is 2. The molecule has 1 aliphatic rings. The molecule has 3 aromatic carbocycles. The van der Waals surface area contributed by atoms with Gasteiger partial charge in [0, 0.05) is 16.8 Å². The van der Waals surface area contributed by atoms with Crippen molar-refractivity contribution >= 4 is 45.9 Å². The van der Waals surface area contributed by atoms with Gasteiger partial charge in [-0.3, -0.25) is 14.2 Å². The number of fused-ring (bicyclic) bond motifs is 2. The number of hydrogen-bond donors (Lipinski definition) is 1. The third-order valence-electron chi connectivity index (χ3n) is 5.92. The number of benzene rings is 3. The summed E-state index contributed by atoms with van der Waals surface area (Å²) in [6.45, 7) is 2.28. The lowest BCUT2D eigenvalue weighted by molar-refractivity contribution is -0.115. The van der Waals surface area contributed by atoms with E-state index in [-0.39, 0.29) is 24.8 Å². The van der Waals surface area contributed by atoms with Crippen molar-refractivity contribution in [2.75, 3.05) is 19.2 Å². The lowest BCUT2D eigenvalue weighted by atomic mass is 10.2. The molecule has 0 fully saturated rings. The Hall–Kier alpha value is -3.69. The van der Waals surface area contributed by atoms with Crippen LogP contribution in [-0.4, -0.2) is 34.6 Å². The van der Waals surface area contributed by atoms with E-state index in [0.717, 1.165) is 11.3 Å². The molecule has 0 unspecified atom stereocenters. The zero-order valence-corrected chi connectivity index (χ0v) is 21.8. The zero-order valence-electron chi connectivity index (χ0n) is 20.2. The minimum atomic E-state index is -0.501. The molecule has 1 amide bonds. The van der Waals surface area contributed by atoms with E-state index < -0.39 is 5.25 Å². The van der Waals surface area contributed by atoms with Gasteiger partial charge in [0.1, 0.15) is 5.75 Å². The van der Waals surface area contributed by atoms with Crippen LogP contribution in [-0.2, 0) is 11.3 Å². The molecule has 10 heteroatoms. The number of carbonyl (C=O) groups excluding carboxylic acids is 1. The van der Waals surface area contributed by atoms with Gasteiger partial charge in [-0.15, -0.1) is 0 Å². The first-order valence-electron chi connectivity index (χ1n) is 11.7. The lowest BCUT2D eigenvalue weighted by Crippen LogP contribution is -2.28. The van der Waals surface area contributed by atoms with Crippen molar-refractivity contribution in [2.45, 2.75) is 30.3 Å². The largest absolute Gasteiger partial charge is 0.497 e. The highest BCUT2D eigenvalue weighted by Gasteiger charge is 2.24. The van der Waals surface area contributed by atoms with Gasteiger partial charge in [-0.1, -0.05) is 48.5 Å². The molecule has 1 aliphatic heterocycles. The van der Waals surface area contributed by atoms with Crippen LogP contribution in [0.25, 0.3) is 10.9 Å². The van der Waals surface area contributed by atoms with E-state index in [0.29, 0.717) is 44.7 Å². The smallest absolute Gasteiger partial charge is 0.262 e. The second-order valence-corrected chi connectivity index (χ2v) is 9.98. The van der Waals surface area contributed by atoms with E-state index in [1.165, 1.54) is 11.8 Å². The number of aromatic nitrogens is 2. The molecule has 1 aromatic heterocycles. The molecule has 0 saturated heterocycles. The van der Waals surface area contributed by atoms with Crippen LogP contribution in [0.3, 0.4) is 0 Å². The van der Waals surface area contributed by atoms with E-state index in [1.54, 1.807) is 48.1 Å². The molecular weight excluding hydrogens is 514 g/mol. The number of thioether (sulfide) groups is 1. The fourth-order valence-corrected chi connectivity index (χ4v) is 5.18. The Labute approximate surface area is 222 Å². The summed E-state index contributed by atoms with van der Waals surface area (Å²) >= 11 is 7.32. The van der Waals surface area contributed by atoms with Crippen molar-refractivity contribution in [3.05, 3.63) is 81.6 Å². The topological polar surface area (TPSA) is 91.7 Å². The third-order valence-corrected chi connectivity index (χ3v) is 7.51. The summed E-state index contributed by atoms with van der Waals surface area (Å²) in [5.74, 6) is 1.56. The van der Waals surface area contributed by atoms with E-state index in [1.807, 2.05) is 31.2 Å². The summed E-state index contributed by atoms with van der Waals surface area (Å²) in [5.41, 5.74) is 1.74. The molecule has 0 spiro atoms. The fraction of sp³-hybridized carbons (Fsp3) is 0.222. The van der Waals surface area contributed by atoms with Crippen LogP contribution in [0, 0.1) is 0 Å². The van der Waals surface area contributed by atoms with Gasteiger partial charge in [0.25, 0.3) is 5.56 Å². The predicted molar refractivity (Wildman–Crippen MR) is 144 cm³/mol. The van der Waals surface area contributed by atoms with Gasteiger partial charge in [-0.05, 0) is 48.4 Å². The first kappa shape index (κ1) is 25.0. The Morgan fingerprint density at radius 3 is 2.62 bits per heavy atom. The number of anilines is 1. The summed E-state index contributed by atoms with van der Waals surface area (Å²) in [6, 6.07) is 17.8. The number of hydrogen-bond acceptors (Lipinski definition) is 7. The van der Waals surface area contributed by atoms with Gasteiger partial charge < -0.3 is 19.5 Å². The van der Waals surface area contributed by atoms with Crippen molar-refractivity contribution in [3.63, 3.8) is 0 Å². The number of ether oxygens (including phenoxy) is 3. The minimum Gasteiger partial charge on any atom is -0.497 e. The summed E-state index contributed by atoms with van der Waals surface area (Å²) in [6.07, 6.45) is 0.522. The summed E-state index contributed by atoms with van der Waals surface area (Å²) in [5, 5.41) is 3.79. The molecule has 1 N–H and O–H groups in total. The maximum atomic E-state index is 13.7. The molecule has 190 valence electrons. The van der Waals surface area contributed by atoms with Gasteiger partial charge in [-0.25, -0.2) is 4.98 Å². The van der Waals surface area contributed by atoms with E-state index in [2.05, 4.69) is 5.32 Å². The lowest BCUT2D eigenvalue weighted by Gasteiger charge is -2.18. The number of halogens is 1. The Balaban J connectivity index is 1.53. The van der Waals surface area contributed by atoms with Crippen molar-refractivity contribution in [3.8, 4) is 17.2 Å². The molecule has 8 nitrogen and oxygen atoms in total. The highest BCUT2D eigenvalue weighted by molar-refractivity contribution is 8.00. The molecule has 0 radical (unpaired) electrons. The van der Waals surface area contributed by atoms with Crippen LogP contribution in [0.4, 0.5) is 5.69 Å². The number of methoxy groups -OCH3 is 1. The van der Waals surface area contributed by atoms with Crippen LogP contribution in [0.15, 0.2) is 70.6 Å². The first-order chi connectivity index (χ1) is 17.9. The average Bonchev–Trinajstić information content (AvgIpc) is 3.36. The molecule has 4 aromatic rings. The molecule has 0 bridgehead atoms. The Morgan fingerprint density at radius 2 is 1.92 bits per heavy atom. The molecular formula is C27H24ClN3O5S. The molecule has 0 saturated carbocycles. The Kier molecular flexibility index (Phi) is 7.25. The number of nitrogens with one attached hydrogen (secondary N) is 1. The standard InChI is InChI=1S/C27H24ClN3O5S/c1-3-24(25(32)29-18-6-4-5-17(28)11-18)37-27-30-21-13-23-22(35-15-36-23)12-20(21)26(33)31(27)14-16-7-9-19(34-2)10-8-16/h4-13,24H,3,14-15H2,1-2H3,(H,29,32)/t24-/m1/s1. The maximum Gasteiger partial charge on any atom is 0.262 e. The van der Waals surface area contributed by atoms with Crippen LogP contribution in [0.2, 0.25) is 5.02 Å². The maximum absolute atomic E-state index is 13.7. The van der Waals surface area contributed by atoms with Crippen molar-refractivity contribution in [1.82, 2.24) is 9.55 Å². The molecule has 37 heavy (non-hydrogen) atoms. The fourth-order valence-electron chi connectivity index (χ4n) is 3.97. The van der Waals surface area contributed by atoms with Crippen LogP contribution >= 0.6 is 23.4 Å². The van der Waals surface area contributed by atoms with E-state index in [4.69, 9.17) is 30.8 Å². The van der Waals surface area contributed by atoms with E-state index >= 15 is 0 Å². The van der Waals surface area contributed by atoms with Crippen LogP contribution < -0.4 is 25.1 Å². The Morgan fingerprint density at radius 1 is 1.16 bits per heavy atom. The minimum absolute atomic E-state index is 0.0921. The highest BCUT2D eigenvalue weighted by Crippen LogP contribution is 2.36. The predicted octanol–water partition coefficient (Wildman–Crippen LogP) is 5.34. The number of rotatable bonds is 8. The zero-order chi connectivity index (χ0) is 25.9. The van der Waals surface area contributed by atoms with Gasteiger partial charge in [0.05, 0.1) is 29.8 Å². The molecule has 2 heterocycles. The summed E-state index contributed by atoms with van der Waals surface area (Å²) < 4.78 is 17.8. The average molecular weight is 538 g/mol. The Bertz CT molecular complexity index is 1520. The molecule has 5 rings (SSSR count). The third kappa shape index (κ3) is 5.38. The monoisotopic (exact) mass is 537 g/mol. The quantitative estimate of drug-likeness (QED) is 0.239. The van der Waals surface area contributed by atoms with Crippen molar-refractivity contribution in [2.24, 2.45) is 0 Å². The normalized spacial score (nSPS) is 12.9. The second kappa shape index (κ2) is 10.7. The van der Waals surface area contributed by atoms with Gasteiger partial charge in [-0.2, -0.15) is 0 Å². The summed E-state index contributed by atoms with van der Waals surface area (Å²) in [7, 11) is 1.60. The first-order valence-corrected chi connectivity index (χ1v) is 12.9. The van der Waals surface area contributed by atoms with Crippen molar-refractivity contribution < 1.29 is 19.0 Å². The molecule has 1 atom stereocenters. The van der Waals surface area contributed by atoms with Gasteiger partial charge >= 0.3 is 0 Å². The number of amides is 1. The van der Waals surface area contributed by atoms with Crippen molar-refractivity contribution in [1.29, 1.82) is 0 Å². The van der Waals surface area contributed by atoms with Crippen LogP contribution in [0.1, 0.15) is 18.9 Å². The second-order valence-electron chi connectivity index (χ2n) is 8.37. The SMILES string of the molecule is CC[C@@H](Sc1nc2cc3c(cc2c(=O)n1Cc1ccc(OC)cc1)OCO3)C(=O)Nc1cccc(Cl)c1. The van der Waals surface area contributed by atoms with Gasteiger partial charge in [0.15, 0.2) is 16.7 Å². The number of carbonyl (C=O) groups is 1. The highest BCUT2D eigenvalue weighted by atomic mass is 35.5. The summed E-state index contributed by atoms with van der Waals surface area (Å²) in [4.78, 5) is 31.7. The molecule has 0 aliphatic carbocycles. The van der Waals surface area contributed by atoms with Gasteiger partial charge in [0.2, 0.25) is 12.7 Å². The van der Waals surface area contributed by atoms with E-state index in [9.17, 15) is 9.59 Å².